The van der Waals surface area contributed by atoms with E-state index in [1.807, 2.05) is 12.1 Å². The zero-order valence-corrected chi connectivity index (χ0v) is 11.9. The summed E-state index contributed by atoms with van der Waals surface area (Å²) in [6.45, 7) is 1.58. The highest BCUT2D eigenvalue weighted by atomic mass is 16.5. The smallest absolute Gasteiger partial charge is 0.237 e. The first-order valence-corrected chi connectivity index (χ1v) is 7.56. The van der Waals surface area contributed by atoms with E-state index >= 15 is 0 Å². The first kappa shape index (κ1) is 12.8. The molecule has 0 amide bonds. The number of benzene rings is 1. The fraction of sp³-hybridized carbons (Fsp3) is 0.500. The Balaban J connectivity index is 1.61. The van der Waals surface area contributed by atoms with Crippen LogP contribution in [0.3, 0.4) is 0 Å². The summed E-state index contributed by atoms with van der Waals surface area (Å²) in [6.07, 6.45) is 4.08. The van der Waals surface area contributed by atoms with Gasteiger partial charge in [-0.05, 0) is 43.4 Å². The van der Waals surface area contributed by atoms with Crippen LogP contribution in [0.1, 0.15) is 48.9 Å². The molecule has 5 nitrogen and oxygen atoms in total. The second kappa shape index (κ2) is 4.84. The van der Waals surface area contributed by atoms with Gasteiger partial charge in [0.15, 0.2) is 5.82 Å². The Morgan fingerprint density at radius 2 is 1.81 bits per heavy atom. The lowest BCUT2D eigenvalue weighted by Gasteiger charge is -2.18. The standard InChI is InChI=1S/C16H19N3O2/c17-13-3-1-12(2-4-13)16(7-8-16)15-18-14(19-21-15)11-5-9-20-10-6-11/h1-4,11H,5-10,17H2. The Bertz CT molecular complexity index is 625. The van der Waals surface area contributed by atoms with Crippen molar-refractivity contribution in [1.82, 2.24) is 10.1 Å². The number of ether oxygens (including phenoxy) is 1. The van der Waals surface area contributed by atoms with Crippen LogP contribution in [0.5, 0.6) is 0 Å². The van der Waals surface area contributed by atoms with Crippen LogP contribution < -0.4 is 5.73 Å². The largest absolute Gasteiger partial charge is 0.399 e. The molecular formula is C16H19N3O2. The third-order valence-corrected chi connectivity index (χ3v) is 4.65. The van der Waals surface area contributed by atoms with E-state index in [2.05, 4.69) is 17.3 Å². The van der Waals surface area contributed by atoms with E-state index in [-0.39, 0.29) is 5.41 Å². The molecule has 1 saturated carbocycles. The van der Waals surface area contributed by atoms with Gasteiger partial charge in [0, 0.05) is 24.8 Å². The molecule has 1 aliphatic carbocycles. The SMILES string of the molecule is Nc1ccc(C2(c3nc(C4CCOCC4)no3)CC2)cc1. The number of aromatic nitrogens is 2. The number of anilines is 1. The predicted octanol–water partition coefficient (Wildman–Crippen LogP) is 2.63. The summed E-state index contributed by atoms with van der Waals surface area (Å²) in [6, 6.07) is 8.01. The van der Waals surface area contributed by atoms with Crippen molar-refractivity contribution in [2.24, 2.45) is 0 Å². The highest BCUT2D eigenvalue weighted by Crippen LogP contribution is 2.53. The average Bonchev–Trinajstić information content (AvgIpc) is 3.19. The summed E-state index contributed by atoms with van der Waals surface area (Å²) in [5.74, 6) is 1.97. The molecule has 1 aromatic heterocycles. The van der Waals surface area contributed by atoms with Gasteiger partial charge in [-0.1, -0.05) is 17.3 Å². The summed E-state index contributed by atoms with van der Waals surface area (Å²) in [4.78, 5) is 4.70. The normalized spacial score (nSPS) is 21.3. The van der Waals surface area contributed by atoms with Crippen molar-refractivity contribution in [2.75, 3.05) is 18.9 Å². The van der Waals surface area contributed by atoms with Crippen LogP contribution in [0.15, 0.2) is 28.8 Å². The molecule has 110 valence electrons. The van der Waals surface area contributed by atoms with Crippen LogP contribution in [-0.2, 0) is 10.2 Å². The molecular weight excluding hydrogens is 266 g/mol. The molecule has 0 unspecified atom stereocenters. The van der Waals surface area contributed by atoms with E-state index in [4.69, 9.17) is 20.0 Å². The minimum Gasteiger partial charge on any atom is -0.399 e. The van der Waals surface area contributed by atoms with E-state index in [0.717, 1.165) is 56.3 Å². The van der Waals surface area contributed by atoms with Crippen LogP contribution >= 0.6 is 0 Å². The monoisotopic (exact) mass is 285 g/mol. The Morgan fingerprint density at radius 1 is 1.10 bits per heavy atom. The maximum Gasteiger partial charge on any atom is 0.237 e. The summed E-state index contributed by atoms with van der Waals surface area (Å²) in [5, 5.41) is 4.22. The zero-order valence-electron chi connectivity index (χ0n) is 11.9. The maximum atomic E-state index is 5.77. The topological polar surface area (TPSA) is 74.2 Å². The molecule has 1 aromatic carbocycles. The molecule has 2 N–H and O–H groups in total. The molecule has 2 aliphatic rings. The molecule has 0 bridgehead atoms. The van der Waals surface area contributed by atoms with Gasteiger partial charge in [0.1, 0.15) is 0 Å². The van der Waals surface area contributed by atoms with E-state index < -0.39 is 0 Å². The van der Waals surface area contributed by atoms with Crippen molar-refractivity contribution < 1.29 is 9.26 Å². The first-order valence-electron chi connectivity index (χ1n) is 7.56. The summed E-state index contributed by atoms with van der Waals surface area (Å²) in [5.41, 5.74) is 7.69. The summed E-state index contributed by atoms with van der Waals surface area (Å²) >= 11 is 0. The van der Waals surface area contributed by atoms with Gasteiger partial charge in [0.2, 0.25) is 5.89 Å². The lowest BCUT2D eigenvalue weighted by atomic mass is 9.95. The highest BCUT2D eigenvalue weighted by molar-refractivity contribution is 5.46. The molecule has 1 saturated heterocycles. The summed E-state index contributed by atoms with van der Waals surface area (Å²) < 4.78 is 11.0. The second-order valence-corrected chi connectivity index (χ2v) is 6.05. The number of nitrogen functional groups attached to an aromatic ring is 1. The van der Waals surface area contributed by atoms with Crippen molar-refractivity contribution in [2.45, 2.75) is 37.0 Å². The van der Waals surface area contributed by atoms with Gasteiger partial charge >= 0.3 is 0 Å². The van der Waals surface area contributed by atoms with Gasteiger partial charge in [0.25, 0.3) is 0 Å². The summed E-state index contributed by atoms with van der Waals surface area (Å²) in [7, 11) is 0. The maximum absolute atomic E-state index is 5.77. The number of nitrogens with two attached hydrogens (primary N) is 1. The molecule has 1 aliphatic heterocycles. The van der Waals surface area contributed by atoms with E-state index in [1.165, 1.54) is 5.56 Å². The molecule has 2 fully saturated rings. The van der Waals surface area contributed by atoms with Crippen molar-refractivity contribution in [3.63, 3.8) is 0 Å². The third-order valence-electron chi connectivity index (χ3n) is 4.65. The highest BCUT2D eigenvalue weighted by Gasteiger charge is 2.51. The van der Waals surface area contributed by atoms with Gasteiger partial charge in [-0.15, -0.1) is 0 Å². The van der Waals surface area contributed by atoms with Crippen LogP contribution in [0, 0.1) is 0 Å². The number of nitrogens with zero attached hydrogens (tertiary/aromatic N) is 2. The Kier molecular flexibility index (Phi) is 2.96. The van der Waals surface area contributed by atoms with Gasteiger partial charge in [-0.25, -0.2) is 0 Å². The second-order valence-electron chi connectivity index (χ2n) is 6.05. The lowest BCUT2D eigenvalue weighted by molar-refractivity contribution is 0.0830. The minimum absolute atomic E-state index is 0.0792. The van der Waals surface area contributed by atoms with Crippen molar-refractivity contribution in [3.05, 3.63) is 41.5 Å². The molecule has 4 rings (SSSR count). The average molecular weight is 285 g/mol. The third kappa shape index (κ3) is 2.21. The molecule has 0 atom stereocenters. The van der Waals surface area contributed by atoms with Crippen molar-refractivity contribution in [3.8, 4) is 0 Å². The van der Waals surface area contributed by atoms with E-state index in [9.17, 15) is 0 Å². The zero-order chi connectivity index (χ0) is 14.3. The number of hydrogen-bond donors (Lipinski definition) is 1. The van der Waals surface area contributed by atoms with E-state index in [1.54, 1.807) is 0 Å². The van der Waals surface area contributed by atoms with E-state index in [0.29, 0.717) is 5.92 Å². The number of hydrogen-bond acceptors (Lipinski definition) is 5. The predicted molar refractivity (Wildman–Crippen MR) is 78.0 cm³/mol. The lowest BCUT2D eigenvalue weighted by Crippen LogP contribution is -2.15. The fourth-order valence-corrected chi connectivity index (χ4v) is 3.10. The number of rotatable bonds is 3. The van der Waals surface area contributed by atoms with Gasteiger partial charge in [0.05, 0.1) is 5.41 Å². The van der Waals surface area contributed by atoms with Gasteiger partial charge in [-0.3, -0.25) is 0 Å². The van der Waals surface area contributed by atoms with Crippen LogP contribution in [0.25, 0.3) is 0 Å². The molecule has 5 heteroatoms. The van der Waals surface area contributed by atoms with Gasteiger partial charge in [-0.2, -0.15) is 4.98 Å². The Labute approximate surface area is 123 Å². The molecule has 21 heavy (non-hydrogen) atoms. The molecule has 0 radical (unpaired) electrons. The molecule has 2 aromatic rings. The van der Waals surface area contributed by atoms with Crippen LogP contribution in [0.2, 0.25) is 0 Å². The van der Waals surface area contributed by atoms with Crippen molar-refractivity contribution >= 4 is 5.69 Å². The van der Waals surface area contributed by atoms with Crippen LogP contribution in [0.4, 0.5) is 5.69 Å². The quantitative estimate of drug-likeness (QED) is 0.877. The molecule has 2 heterocycles. The van der Waals surface area contributed by atoms with Gasteiger partial charge < -0.3 is 15.0 Å². The van der Waals surface area contributed by atoms with Crippen molar-refractivity contribution in [1.29, 1.82) is 0 Å². The first-order chi connectivity index (χ1) is 10.3. The molecule has 0 spiro atoms. The Morgan fingerprint density at radius 3 is 2.48 bits per heavy atom. The Hall–Kier alpha value is -1.88. The minimum atomic E-state index is -0.0792. The fourth-order valence-electron chi connectivity index (χ4n) is 3.10. The van der Waals surface area contributed by atoms with Crippen LogP contribution in [-0.4, -0.2) is 23.4 Å².